The maximum absolute atomic E-state index is 12.1. The van der Waals surface area contributed by atoms with Crippen molar-refractivity contribution in [1.29, 1.82) is 0 Å². The monoisotopic (exact) mass is 282 g/mol. The first-order valence-corrected chi connectivity index (χ1v) is 6.00. The summed E-state index contributed by atoms with van der Waals surface area (Å²) in [5, 5.41) is 18.3. The Bertz CT molecular complexity index is 743. The van der Waals surface area contributed by atoms with Gasteiger partial charge in [0, 0.05) is 17.7 Å². The zero-order valence-electron chi connectivity index (χ0n) is 10.6. The van der Waals surface area contributed by atoms with E-state index in [9.17, 15) is 14.9 Å². The molecule has 1 aliphatic rings. The predicted molar refractivity (Wildman–Crippen MR) is 72.0 cm³/mol. The number of hydrogen-bond donors (Lipinski definition) is 0. The van der Waals surface area contributed by atoms with Gasteiger partial charge in [-0.3, -0.25) is 10.1 Å². The van der Waals surface area contributed by atoms with Crippen LogP contribution in [-0.2, 0) is 4.79 Å². The fraction of sp³-hybridized carbons (Fsp3) is 0. The fourth-order valence-corrected chi connectivity index (χ4v) is 1.87. The molecule has 0 aromatic heterocycles. The third-order valence-corrected chi connectivity index (χ3v) is 2.85. The molecule has 0 spiro atoms. The molecule has 0 saturated carbocycles. The topological polar surface area (TPSA) is 94.2 Å². The molecule has 103 valence electrons. The minimum atomic E-state index is -0.704. The van der Waals surface area contributed by atoms with Crippen LogP contribution in [0.3, 0.4) is 0 Å². The van der Waals surface area contributed by atoms with Crippen molar-refractivity contribution in [3.05, 3.63) is 70.3 Å². The smallest absolute Gasteiger partial charge is 0.349 e. The lowest BCUT2D eigenvalue weighted by atomic mass is 10.1. The number of azo groups is 1. The van der Waals surface area contributed by atoms with E-state index >= 15 is 0 Å². The lowest BCUT2D eigenvalue weighted by molar-refractivity contribution is -0.384. The summed E-state index contributed by atoms with van der Waals surface area (Å²) in [5.41, 5.74) is 0.566. The summed E-state index contributed by atoms with van der Waals surface area (Å²) in [6.45, 7) is 0. The van der Waals surface area contributed by atoms with E-state index in [0.717, 1.165) is 0 Å². The van der Waals surface area contributed by atoms with Crippen LogP contribution < -0.4 is 4.74 Å². The SMILES string of the molecule is O=C(Oc1ccccc1)[C]1N=Nc2ccc([N+](=O)[O-])cc21. The van der Waals surface area contributed by atoms with Crippen LogP contribution in [0, 0.1) is 16.2 Å². The number of esters is 1. The van der Waals surface area contributed by atoms with Gasteiger partial charge in [0.05, 0.1) is 10.6 Å². The van der Waals surface area contributed by atoms with Gasteiger partial charge in [-0.1, -0.05) is 18.2 Å². The van der Waals surface area contributed by atoms with Crippen molar-refractivity contribution < 1.29 is 14.5 Å². The number of hydrogen-bond acceptors (Lipinski definition) is 6. The molecule has 0 saturated heterocycles. The average Bonchev–Trinajstić information content (AvgIpc) is 2.91. The number of carbonyl (C=O) groups excluding carboxylic acids is 1. The number of nitrogens with zero attached hydrogens (tertiary/aromatic N) is 3. The van der Waals surface area contributed by atoms with Gasteiger partial charge in [-0.2, -0.15) is 10.2 Å². The second kappa shape index (κ2) is 5.12. The molecule has 7 heteroatoms. The number of benzene rings is 2. The second-order valence-corrected chi connectivity index (χ2v) is 4.21. The number of nitro benzene ring substituents is 1. The molecule has 21 heavy (non-hydrogen) atoms. The summed E-state index contributed by atoms with van der Waals surface area (Å²) in [7, 11) is 0. The van der Waals surface area contributed by atoms with E-state index < -0.39 is 10.9 Å². The molecule has 7 nitrogen and oxygen atoms in total. The molecule has 0 atom stereocenters. The number of carbonyl (C=O) groups is 1. The van der Waals surface area contributed by atoms with Gasteiger partial charge in [0.15, 0.2) is 0 Å². The van der Waals surface area contributed by atoms with Crippen molar-refractivity contribution in [2.75, 3.05) is 0 Å². The van der Waals surface area contributed by atoms with Gasteiger partial charge in [-0.05, 0) is 18.2 Å². The lowest BCUT2D eigenvalue weighted by Crippen LogP contribution is -2.16. The standard InChI is InChI=1S/C14H8N3O4/c18-14(21-10-4-2-1-3-5-10)13-11-8-9(17(19)20)6-7-12(11)15-16-13/h1-8H. The summed E-state index contributed by atoms with van der Waals surface area (Å²) < 4.78 is 5.16. The molecule has 2 aromatic rings. The number of non-ortho nitro benzene ring substituents is 1. The van der Waals surface area contributed by atoms with Crippen molar-refractivity contribution in [2.45, 2.75) is 0 Å². The third kappa shape index (κ3) is 2.48. The largest absolute Gasteiger partial charge is 0.424 e. The Balaban J connectivity index is 1.86. The van der Waals surface area contributed by atoms with Crippen LogP contribution in [0.2, 0.25) is 0 Å². The Morgan fingerprint density at radius 2 is 1.86 bits per heavy atom. The van der Waals surface area contributed by atoms with Crippen molar-refractivity contribution in [3.8, 4) is 5.75 Å². The van der Waals surface area contributed by atoms with Gasteiger partial charge in [0.1, 0.15) is 5.75 Å². The highest BCUT2D eigenvalue weighted by atomic mass is 16.6. The first-order valence-electron chi connectivity index (χ1n) is 6.00. The molecule has 1 aliphatic heterocycles. The minimum Gasteiger partial charge on any atom is -0.424 e. The molecule has 0 aliphatic carbocycles. The lowest BCUT2D eigenvalue weighted by Gasteiger charge is -2.07. The predicted octanol–water partition coefficient (Wildman–Crippen LogP) is 3.18. The quantitative estimate of drug-likeness (QED) is 0.374. The highest BCUT2D eigenvalue weighted by molar-refractivity contribution is 5.93. The normalized spacial score (nSPS) is 13.0. The molecule has 3 rings (SSSR count). The molecule has 0 unspecified atom stereocenters. The summed E-state index contributed by atoms with van der Waals surface area (Å²) in [6.07, 6.45) is 0. The van der Waals surface area contributed by atoms with E-state index in [1.54, 1.807) is 30.3 Å². The number of nitro groups is 1. The number of ether oxygens (including phenoxy) is 1. The van der Waals surface area contributed by atoms with Crippen LogP contribution in [0.4, 0.5) is 11.4 Å². The maximum Gasteiger partial charge on any atom is 0.349 e. The van der Waals surface area contributed by atoms with E-state index in [2.05, 4.69) is 10.2 Å². The van der Waals surface area contributed by atoms with Crippen LogP contribution in [0.25, 0.3) is 0 Å². The first kappa shape index (κ1) is 12.9. The molecular weight excluding hydrogens is 274 g/mol. The Labute approximate surface area is 119 Å². The van der Waals surface area contributed by atoms with Crippen molar-refractivity contribution >= 4 is 17.3 Å². The highest BCUT2D eigenvalue weighted by Crippen LogP contribution is 2.37. The Kier molecular flexibility index (Phi) is 3.15. The average molecular weight is 282 g/mol. The molecule has 0 N–H and O–H groups in total. The van der Waals surface area contributed by atoms with E-state index in [0.29, 0.717) is 17.0 Å². The summed E-state index contributed by atoms with van der Waals surface area (Å²) in [5.74, 6) is -0.340. The van der Waals surface area contributed by atoms with E-state index in [-0.39, 0.29) is 11.7 Å². The molecule has 0 amide bonds. The molecule has 0 bridgehead atoms. The molecule has 1 radical (unpaired) electrons. The fourth-order valence-electron chi connectivity index (χ4n) is 1.87. The van der Waals surface area contributed by atoms with Gasteiger partial charge >= 0.3 is 5.97 Å². The summed E-state index contributed by atoms with van der Waals surface area (Å²) in [6, 6.07) is 12.5. The number of para-hydroxylation sites is 1. The molecule has 0 fully saturated rings. The van der Waals surface area contributed by atoms with Crippen molar-refractivity contribution in [3.63, 3.8) is 0 Å². The zero-order valence-corrected chi connectivity index (χ0v) is 10.6. The van der Waals surface area contributed by atoms with Crippen molar-refractivity contribution in [2.24, 2.45) is 10.2 Å². The van der Waals surface area contributed by atoms with Gasteiger partial charge < -0.3 is 4.74 Å². The van der Waals surface area contributed by atoms with Gasteiger partial charge in [0.2, 0.25) is 6.04 Å². The Morgan fingerprint density at radius 3 is 2.57 bits per heavy atom. The van der Waals surface area contributed by atoms with Gasteiger partial charge in [-0.25, -0.2) is 4.79 Å². The van der Waals surface area contributed by atoms with Crippen LogP contribution in [-0.4, -0.2) is 10.9 Å². The third-order valence-electron chi connectivity index (χ3n) is 2.85. The molecule has 1 heterocycles. The van der Waals surface area contributed by atoms with Crippen LogP contribution >= 0.6 is 0 Å². The second-order valence-electron chi connectivity index (χ2n) is 4.21. The summed E-state index contributed by atoms with van der Waals surface area (Å²) >= 11 is 0. The van der Waals surface area contributed by atoms with Gasteiger partial charge in [-0.15, -0.1) is 0 Å². The van der Waals surface area contributed by atoms with Gasteiger partial charge in [0.25, 0.3) is 5.69 Å². The number of fused-ring (bicyclic) bond motifs is 1. The number of rotatable bonds is 3. The highest BCUT2D eigenvalue weighted by Gasteiger charge is 2.32. The zero-order chi connectivity index (χ0) is 14.8. The molecule has 2 aromatic carbocycles. The maximum atomic E-state index is 12.1. The minimum absolute atomic E-state index is 0.0439. The molecular formula is C14H8N3O4. The first-order chi connectivity index (χ1) is 10.1. The summed E-state index contributed by atoms with van der Waals surface area (Å²) in [4.78, 5) is 22.3. The van der Waals surface area contributed by atoms with Crippen LogP contribution in [0.15, 0.2) is 58.8 Å². The van der Waals surface area contributed by atoms with Crippen molar-refractivity contribution in [1.82, 2.24) is 0 Å². The van der Waals surface area contributed by atoms with E-state index in [1.165, 1.54) is 18.2 Å². The Morgan fingerprint density at radius 1 is 1.10 bits per heavy atom. The van der Waals surface area contributed by atoms with E-state index in [1.807, 2.05) is 0 Å². The Hall–Kier alpha value is -3.09. The van der Waals surface area contributed by atoms with Crippen LogP contribution in [0.1, 0.15) is 5.56 Å². The van der Waals surface area contributed by atoms with E-state index in [4.69, 9.17) is 4.74 Å². The van der Waals surface area contributed by atoms with Crippen LogP contribution in [0.5, 0.6) is 5.75 Å².